The summed E-state index contributed by atoms with van der Waals surface area (Å²) in [5.41, 5.74) is 5.67. The molecule has 3 aromatic heterocycles. The van der Waals surface area contributed by atoms with Crippen LogP contribution in [0.5, 0.6) is 5.75 Å². The summed E-state index contributed by atoms with van der Waals surface area (Å²) in [7, 11) is 5.37. The van der Waals surface area contributed by atoms with E-state index in [-0.39, 0.29) is 11.9 Å². The Morgan fingerprint density at radius 1 is 1.16 bits per heavy atom. The molecular formula is C24H28N6O2. The quantitative estimate of drug-likeness (QED) is 0.505. The maximum atomic E-state index is 13.4. The van der Waals surface area contributed by atoms with Gasteiger partial charge >= 0.3 is 0 Å². The van der Waals surface area contributed by atoms with Crippen LogP contribution in [0.3, 0.4) is 0 Å². The summed E-state index contributed by atoms with van der Waals surface area (Å²) < 4.78 is 8.87. The molecule has 3 heterocycles. The van der Waals surface area contributed by atoms with E-state index < -0.39 is 0 Å². The van der Waals surface area contributed by atoms with E-state index in [0.29, 0.717) is 23.3 Å². The van der Waals surface area contributed by atoms with Crippen LogP contribution in [0.25, 0.3) is 22.3 Å². The fraction of sp³-hybridized carbons (Fsp3) is 0.333. The van der Waals surface area contributed by atoms with Crippen molar-refractivity contribution >= 4 is 16.9 Å². The number of carbonyl (C=O) groups is 1. The molecule has 1 unspecified atom stereocenters. The molecule has 8 nitrogen and oxygen atoms in total. The van der Waals surface area contributed by atoms with E-state index in [1.165, 1.54) is 0 Å². The van der Waals surface area contributed by atoms with E-state index in [9.17, 15) is 4.79 Å². The molecule has 0 spiro atoms. The molecule has 0 saturated heterocycles. The molecule has 166 valence electrons. The smallest absolute Gasteiger partial charge is 0.252 e. The highest BCUT2D eigenvalue weighted by Crippen LogP contribution is 2.28. The van der Waals surface area contributed by atoms with E-state index in [1.807, 2.05) is 71.4 Å². The van der Waals surface area contributed by atoms with E-state index >= 15 is 0 Å². The van der Waals surface area contributed by atoms with Gasteiger partial charge in [-0.2, -0.15) is 10.2 Å². The monoisotopic (exact) mass is 432 g/mol. The minimum atomic E-state index is -0.147. The normalized spacial score (nSPS) is 12.2. The minimum Gasteiger partial charge on any atom is -0.497 e. The Balaban J connectivity index is 1.71. The van der Waals surface area contributed by atoms with Crippen molar-refractivity contribution in [2.24, 2.45) is 14.1 Å². The molecule has 1 aromatic carbocycles. The summed E-state index contributed by atoms with van der Waals surface area (Å²) in [6, 6.07) is 9.43. The Morgan fingerprint density at radius 3 is 2.62 bits per heavy atom. The number of nitrogens with one attached hydrogen (secondary N) is 1. The number of benzene rings is 1. The van der Waals surface area contributed by atoms with Crippen LogP contribution in [-0.2, 0) is 20.5 Å². The maximum Gasteiger partial charge on any atom is 0.252 e. The molecular weight excluding hydrogens is 404 g/mol. The van der Waals surface area contributed by atoms with Crippen LogP contribution in [0.15, 0.2) is 36.5 Å². The van der Waals surface area contributed by atoms with E-state index in [1.54, 1.807) is 16.5 Å². The Kier molecular flexibility index (Phi) is 5.69. The van der Waals surface area contributed by atoms with Crippen LogP contribution >= 0.6 is 0 Å². The fourth-order valence-electron chi connectivity index (χ4n) is 4.09. The maximum absolute atomic E-state index is 13.4. The van der Waals surface area contributed by atoms with Gasteiger partial charge in [-0.15, -0.1) is 0 Å². The van der Waals surface area contributed by atoms with Gasteiger partial charge in [0.25, 0.3) is 5.91 Å². The van der Waals surface area contributed by atoms with Gasteiger partial charge in [0.15, 0.2) is 5.65 Å². The summed E-state index contributed by atoms with van der Waals surface area (Å²) in [6.45, 7) is 5.88. The first-order valence-electron chi connectivity index (χ1n) is 10.6. The second kappa shape index (κ2) is 8.45. The topological polar surface area (TPSA) is 86.9 Å². The van der Waals surface area contributed by atoms with Crippen molar-refractivity contribution in [3.8, 4) is 17.0 Å². The lowest BCUT2D eigenvalue weighted by molar-refractivity contribution is 0.0941. The molecule has 32 heavy (non-hydrogen) atoms. The third-order valence-corrected chi connectivity index (χ3v) is 5.60. The van der Waals surface area contributed by atoms with Crippen LogP contribution in [0, 0.1) is 13.8 Å². The molecule has 0 radical (unpaired) electrons. The highest BCUT2D eigenvalue weighted by molar-refractivity contribution is 6.07. The van der Waals surface area contributed by atoms with E-state index in [4.69, 9.17) is 9.72 Å². The summed E-state index contributed by atoms with van der Waals surface area (Å²) in [5, 5.41) is 12.8. The van der Waals surface area contributed by atoms with E-state index in [0.717, 1.165) is 33.7 Å². The van der Waals surface area contributed by atoms with Crippen molar-refractivity contribution in [1.29, 1.82) is 0 Å². The highest BCUT2D eigenvalue weighted by Gasteiger charge is 2.21. The largest absolute Gasteiger partial charge is 0.497 e. The standard InChI is InChI=1S/C24H28N6O2/c1-14(10-18-13-29(4)27-15(18)2)25-24(31)20-12-21(17-8-7-9-19(11-17)32-6)26-23-22(20)16(3)28-30(23)5/h7-9,11-14H,10H2,1-6H3,(H,25,31). The molecule has 0 aliphatic heterocycles. The highest BCUT2D eigenvalue weighted by atomic mass is 16.5. The Hall–Kier alpha value is -3.68. The van der Waals surface area contributed by atoms with Crippen molar-refractivity contribution in [3.05, 3.63) is 59.0 Å². The number of nitrogens with zero attached hydrogens (tertiary/aromatic N) is 5. The Morgan fingerprint density at radius 2 is 1.94 bits per heavy atom. The molecule has 1 N–H and O–H groups in total. The number of aromatic nitrogens is 5. The van der Waals surface area contributed by atoms with E-state index in [2.05, 4.69) is 15.5 Å². The molecule has 4 aromatic rings. The van der Waals surface area contributed by atoms with Gasteiger partial charge in [0, 0.05) is 31.9 Å². The average Bonchev–Trinajstić information content (AvgIpc) is 3.23. The Labute approximate surface area is 187 Å². The number of pyridine rings is 1. The fourth-order valence-corrected chi connectivity index (χ4v) is 4.09. The minimum absolute atomic E-state index is 0.0640. The molecule has 0 bridgehead atoms. The van der Waals surface area contributed by atoms with Crippen LogP contribution in [0.2, 0.25) is 0 Å². The van der Waals surface area contributed by atoms with Gasteiger partial charge in [-0.05, 0) is 51.0 Å². The molecule has 1 amide bonds. The predicted octanol–water partition coefficient (Wildman–Crippen LogP) is 3.36. The number of fused-ring (bicyclic) bond motifs is 1. The zero-order chi connectivity index (χ0) is 23.0. The van der Waals surface area contributed by atoms with Crippen molar-refractivity contribution in [3.63, 3.8) is 0 Å². The molecule has 0 aliphatic rings. The molecule has 0 fully saturated rings. The van der Waals surface area contributed by atoms with Crippen molar-refractivity contribution in [1.82, 2.24) is 29.9 Å². The summed E-state index contributed by atoms with van der Waals surface area (Å²) in [6.07, 6.45) is 2.70. The van der Waals surface area contributed by atoms with Crippen LogP contribution in [0.1, 0.15) is 34.2 Å². The summed E-state index contributed by atoms with van der Waals surface area (Å²) in [4.78, 5) is 18.2. The second-order valence-electron chi connectivity index (χ2n) is 8.19. The van der Waals surface area contributed by atoms with Crippen molar-refractivity contribution in [2.75, 3.05) is 7.11 Å². The lowest BCUT2D eigenvalue weighted by atomic mass is 10.0. The number of rotatable bonds is 6. The van der Waals surface area contributed by atoms with Gasteiger partial charge in [-0.25, -0.2) is 4.98 Å². The van der Waals surface area contributed by atoms with Crippen molar-refractivity contribution in [2.45, 2.75) is 33.2 Å². The van der Waals surface area contributed by atoms with Gasteiger partial charge in [-0.3, -0.25) is 14.2 Å². The number of aryl methyl sites for hydroxylation is 4. The lowest BCUT2D eigenvalue weighted by Crippen LogP contribution is -2.34. The van der Waals surface area contributed by atoms with Crippen LogP contribution in [-0.4, -0.2) is 43.6 Å². The van der Waals surface area contributed by atoms with Crippen LogP contribution in [0.4, 0.5) is 0 Å². The predicted molar refractivity (Wildman–Crippen MR) is 124 cm³/mol. The van der Waals surface area contributed by atoms with Gasteiger partial charge < -0.3 is 10.1 Å². The SMILES string of the molecule is COc1cccc(-c2cc(C(=O)NC(C)Cc3cn(C)nc3C)c3c(C)nn(C)c3n2)c1. The molecule has 1 atom stereocenters. The molecule has 4 rings (SSSR count). The first kappa shape index (κ1) is 21.5. The number of ether oxygens (including phenoxy) is 1. The van der Waals surface area contributed by atoms with Gasteiger partial charge in [-0.1, -0.05) is 12.1 Å². The average molecular weight is 433 g/mol. The molecule has 0 aliphatic carbocycles. The second-order valence-corrected chi connectivity index (χ2v) is 8.19. The molecule has 8 heteroatoms. The Bertz CT molecular complexity index is 1300. The summed E-state index contributed by atoms with van der Waals surface area (Å²) >= 11 is 0. The first-order chi connectivity index (χ1) is 15.3. The number of hydrogen-bond acceptors (Lipinski definition) is 5. The van der Waals surface area contributed by atoms with Gasteiger partial charge in [0.2, 0.25) is 0 Å². The van der Waals surface area contributed by atoms with Gasteiger partial charge in [0.05, 0.1) is 35.1 Å². The first-order valence-corrected chi connectivity index (χ1v) is 10.6. The molecule has 0 saturated carbocycles. The number of amides is 1. The number of hydrogen-bond donors (Lipinski definition) is 1. The lowest BCUT2D eigenvalue weighted by Gasteiger charge is -2.15. The third kappa shape index (κ3) is 4.08. The zero-order valence-electron chi connectivity index (χ0n) is 19.3. The summed E-state index contributed by atoms with van der Waals surface area (Å²) in [5.74, 6) is 0.587. The zero-order valence-corrected chi connectivity index (χ0v) is 19.3. The van der Waals surface area contributed by atoms with Crippen molar-refractivity contribution < 1.29 is 9.53 Å². The number of methoxy groups -OCH3 is 1. The van der Waals surface area contributed by atoms with Gasteiger partial charge in [0.1, 0.15) is 5.75 Å². The third-order valence-electron chi connectivity index (χ3n) is 5.60. The van der Waals surface area contributed by atoms with Crippen LogP contribution < -0.4 is 10.1 Å². The number of carbonyl (C=O) groups excluding carboxylic acids is 1.